The molecule has 2 aromatic rings. The van der Waals surface area contributed by atoms with Crippen LogP contribution in [-0.4, -0.2) is 44.9 Å². The van der Waals surface area contributed by atoms with Gasteiger partial charge < -0.3 is 10.0 Å². The van der Waals surface area contributed by atoms with Crippen molar-refractivity contribution in [2.75, 3.05) is 13.1 Å². The highest BCUT2D eigenvalue weighted by Gasteiger charge is 2.27. The van der Waals surface area contributed by atoms with E-state index in [0.29, 0.717) is 13.0 Å². The summed E-state index contributed by atoms with van der Waals surface area (Å²) in [6.45, 7) is 0.695. The molecule has 7 heteroatoms. The number of aliphatic hydroxyl groups excluding tert-OH is 1. The lowest BCUT2D eigenvalue weighted by atomic mass is 10.3. The lowest BCUT2D eigenvalue weighted by Gasteiger charge is -2.13. The number of hydrogen-bond donors (Lipinski definition) is 1. The van der Waals surface area contributed by atoms with Crippen molar-refractivity contribution < 1.29 is 18.7 Å². The molecule has 0 spiro atoms. The Balaban J connectivity index is 1.88. The fourth-order valence-electron chi connectivity index (χ4n) is 2.36. The van der Waals surface area contributed by atoms with Crippen LogP contribution in [-0.2, 0) is 0 Å². The van der Waals surface area contributed by atoms with Gasteiger partial charge in [0.25, 0.3) is 5.91 Å². The Labute approximate surface area is 119 Å². The van der Waals surface area contributed by atoms with E-state index in [-0.39, 0.29) is 23.8 Å². The topological polar surface area (TPSA) is 58.4 Å². The van der Waals surface area contributed by atoms with Crippen molar-refractivity contribution in [1.82, 2.24) is 14.7 Å². The van der Waals surface area contributed by atoms with Crippen LogP contribution < -0.4 is 0 Å². The van der Waals surface area contributed by atoms with Crippen molar-refractivity contribution in [3.63, 3.8) is 0 Å². The number of rotatable bonds is 2. The zero-order valence-electron chi connectivity index (χ0n) is 11.0. The summed E-state index contributed by atoms with van der Waals surface area (Å²) in [5, 5.41) is 13.4. The number of hydrogen-bond acceptors (Lipinski definition) is 3. The first-order chi connectivity index (χ1) is 10.1. The van der Waals surface area contributed by atoms with Gasteiger partial charge in [-0.25, -0.2) is 13.5 Å². The third-order valence-corrected chi connectivity index (χ3v) is 3.43. The lowest BCUT2D eigenvalue weighted by Crippen LogP contribution is -2.30. The second-order valence-electron chi connectivity index (χ2n) is 4.91. The minimum atomic E-state index is -0.756. The average molecular weight is 293 g/mol. The van der Waals surface area contributed by atoms with Crippen LogP contribution >= 0.6 is 0 Å². The molecule has 110 valence electrons. The molecule has 5 nitrogen and oxygen atoms in total. The zero-order valence-corrected chi connectivity index (χ0v) is 11.0. The fraction of sp³-hybridized carbons (Fsp3) is 0.286. The molecule has 1 aliphatic heterocycles. The van der Waals surface area contributed by atoms with E-state index in [1.807, 2.05) is 0 Å². The third-order valence-electron chi connectivity index (χ3n) is 3.43. The van der Waals surface area contributed by atoms with Gasteiger partial charge in [-0.3, -0.25) is 4.79 Å². The molecule has 1 atom stereocenters. The molecular weight excluding hydrogens is 280 g/mol. The first-order valence-corrected chi connectivity index (χ1v) is 6.53. The molecule has 0 radical (unpaired) electrons. The van der Waals surface area contributed by atoms with Crippen molar-refractivity contribution in [3.8, 4) is 5.69 Å². The van der Waals surface area contributed by atoms with E-state index in [2.05, 4.69) is 5.10 Å². The second kappa shape index (κ2) is 5.25. The number of halogens is 2. The highest BCUT2D eigenvalue weighted by atomic mass is 19.1. The molecule has 0 saturated carbocycles. The van der Waals surface area contributed by atoms with Crippen molar-refractivity contribution in [2.24, 2.45) is 0 Å². The second-order valence-corrected chi connectivity index (χ2v) is 4.91. The van der Waals surface area contributed by atoms with E-state index in [9.17, 15) is 18.7 Å². The summed E-state index contributed by atoms with van der Waals surface area (Å²) < 4.78 is 28.3. The van der Waals surface area contributed by atoms with E-state index in [1.165, 1.54) is 23.2 Å². The van der Waals surface area contributed by atoms with Gasteiger partial charge in [0, 0.05) is 19.3 Å². The maximum absolute atomic E-state index is 13.7. The molecule has 1 aromatic heterocycles. The number of carbonyl (C=O) groups excluding carboxylic acids is 1. The van der Waals surface area contributed by atoms with E-state index in [4.69, 9.17) is 0 Å². The van der Waals surface area contributed by atoms with Gasteiger partial charge in [0.1, 0.15) is 5.69 Å². The molecule has 1 N–H and O–H groups in total. The maximum Gasteiger partial charge on any atom is 0.274 e. The van der Waals surface area contributed by atoms with Gasteiger partial charge in [0.2, 0.25) is 0 Å². The summed E-state index contributed by atoms with van der Waals surface area (Å²) in [6.07, 6.45) is 1.33. The standard InChI is InChI=1S/C14H13F2N3O2/c15-10-2-1-3-11(16)13(10)19-7-5-12(17-19)14(21)18-6-4-9(20)8-18/h1-3,5,7,9,20H,4,6,8H2/t9-/m0/s1. The number of para-hydroxylation sites is 1. The molecular formula is C14H13F2N3O2. The van der Waals surface area contributed by atoms with Crippen LogP contribution in [0.1, 0.15) is 16.9 Å². The van der Waals surface area contributed by atoms with Crippen LogP contribution in [0.25, 0.3) is 5.69 Å². The van der Waals surface area contributed by atoms with Gasteiger partial charge in [-0.05, 0) is 24.6 Å². The summed E-state index contributed by atoms with van der Waals surface area (Å²) >= 11 is 0. The van der Waals surface area contributed by atoms with Crippen LogP contribution in [0.5, 0.6) is 0 Å². The number of aliphatic hydroxyl groups is 1. The van der Waals surface area contributed by atoms with Crippen molar-refractivity contribution in [3.05, 3.63) is 47.8 Å². The number of amides is 1. The largest absolute Gasteiger partial charge is 0.391 e. The molecule has 1 aliphatic rings. The molecule has 1 fully saturated rings. The molecule has 0 bridgehead atoms. The molecule has 3 rings (SSSR count). The van der Waals surface area contributed by atoms with E-state index < -0.39 is 17.7 Å². The highest BCUT2D eigenvalue weighted by Crippen LogP contribution is 2.18. The van der Waals surface area contributed by atoms with Gasteiger partial charge >= 0.3 is 0 Å². The van der Waals surface area contributed by atoms with Crippen molar-refractivity contribution in [1.29, 1.82) is 0 Å². The third kappa shape index (κ3) is 2.52. The number of benzene rings is 1. The molecule has 2 heterocycles. The van der Waals surface area contributed by atoms with Gasteiger partial charge in [0.15, 0.2) is 17.3 Å². The quantitative estimate of drug-likeness (QED) is 0.909. The summed E-state index contributed by atoms with van der Waals surface area (Å²) in [5.41, 5.74) is -0.232. The van der Waals surface area contributed by atoms with E-state index in [0.717, 1.165) is 16.8 Å². The van der Waals surface area contributed by atoms with Crippen LogP contribution in [0, 0.1) is 11.6 Å². The average Bonchev–Trinajstić information content (AvgIpc) is 3.07. The highest BCUT2D eigenvalue weighted by molar-refractivity contribution is 5.92. The predicted octanol–water partition coefficient (Wildman–Crippen LogP) is 1.36. The van der Waals surface area contributed by atoms with E-state index in [1.54, 1.807) is 0 Å². The van der Waals surface area contributed by atoms with Gasteiger partial charge in [-0.2, -0.15) is 5.10 Å². The summed E-state index contributed by atoms with van der Waals surface area (Å²) in [5.74, 6) is -1.87. The monoisotopic (exact) mass is 293 g/mol. The number of nitrogens with zero attached hydrogens (tertiary/aromatic N) is 3. The summed E-state index contributed by atoms with van der Waals surface area (Å²) in [6, 6.07) is 4.91. The number of β-amino-alcohol motifs (C(OH)–C–C–N with tert-alkyl or cyclic N) is 1. The Hall–Kier alpha value is -2.28. The van der Waals surface area contributed by atoms with Crippen LogP contribution in [0.2, 0.25) is 0 Å². The normalized spacial score (nSPS) is 18.2. The minimum absolute atomic E-state index is 0.0896. The Morgan fingerprint density at radius 1 is 1.29 bits per heavy atom. The zero-order chi connectivity index (χ0) is 15.0. The van der Waals surface area contributed by atoms with Crippen LogP contribution in [0.4, 0.5) is 8.78 Å². The van der Waals surface area contributed by atoms with Gasteiger partial charge in [0.05, 0.1) is 6.10 Å². The molecule has 1 aromatic carbocycles. The molecule has 21 heavy (non-hydrogen) atoms. The first kappa shape index (κ1) is 13.7. The summed E-state index contributed by atoms with van der Waals surface area (Å²) in [4.78, 5) is 13.6. The van der Waals surface area contributed by atoms with Crippen molar-refractivity contribution >= 4 is 5.91 Å². The number of likely N-dealkylation sites (tertiary alicyclic amines) is 1. The summed E-state index contributed by atoms with van der Waals surface area (Å²) in [7, 11) is 0. The predicted molar refractivity (Wildman–Crippen MR) is 70.0 cm³/mol. The lowest BCUT2D eigenvalue weighted by molar-refractivity contribution is 0.0758. The Kier molecular flexibility index (Phi) is 3.42. The maximum atomic E-state index is 13.7. The molecule has 1 saturated heterocycles. The SMILES string of the molecule is O=C(c1ccn(-c2c(F)cccc2F)n1)N1CC[C@H](O)C1. The fourth-order valence-corrected chi connectivity index (χ4v) is 2.36. The van der Waals surface area contributed by atoms with Gasteiger partial charge in [-0.1, -0.05) is 6.07 Å². The van der Waals surface area contributed by atoms with Crippen LogP contribution in [0.3, 0.4) is 0 Å². The molecule has 0 aliphatic carbocycles. The minimum Gasteiger partial charge on any atom is -0.391 e. The molecule has 1 amide bonds. The Morgan fingerprint density at radius 2 is 2.00 bits per heavy atom. The molecule has 0 unspecified atom stereocenters. The Morgan fingerprint density at radius 3 is 2.62 bits per heavy atom. The smallest absolute Gasteiger partial charge is 0.274 e. The van der Waals surface area contributed by atoms with Crippen molar-refractivity contribution in [2.45, 2.75) is 12.5 Å². The van der Waals surface area contributed by atoms with Gasteiger partial charge in [-0.15, -0.1) is 0 Å². The Bertz CT molecular complexity index is 666. The number of carbonyl (C=O) groups is 1. The first-order valence-electron chi connectivity index (χ1n) is 6.53. The number of aromatic nitrogens is 2. The van der Waals surface area contributed by atoms with Crippen LogP contribution in [0.15, 0.2) is 30.5 Å². The van der Waals surface area contributed by atoms with E-state index >= 15 is 0 Å².